The Morgan fingerprint density at radius 3 is 2.40 bits per heavy atom. The highest BCUT2D eigenvalue weighted by Gasteiger charge is 2.28. The zero-order valence-corrected chi connectivity index (χ0v) is 14.0. The minimum atomic E-state index is -0.328. The molecule has 1 aromatic carbocycles. The van der Waals surface area contributed by atoms with E-state index in [4.69, 9.17) is 11.6 Å². The fraction of sp³-hybridized carbons (Fsp3) is 0.647. The molecule has 114 valence electrons. The van der Waals surface area contributed by atoms with E-state index in [2.05, 4.69) is 39.9 Å². The van der Waals surface area contributed by atoms with Gasteiger partial charge in [0.15, 0.2) is 0 Å². The van der Waals surface area contributed by atoms with Crippen molar-refractivity contribution in [1.82, 2.24) is 5.32 Å². The molecule has 1 atom stereocenters. The van der Waals surface area contributed by atoms with Crippen molar-refractivity contribution in [3.05, 3.63) is 34.6 Å². The molecule has 0 fully saturated rings. The van der Waals surface area contributed by atoms with Crippen LogP contribution in [-0.2, 0) is 6.42 Å². The SMILES string of the molecule is CC(C)CNCC(C)(Cc1ccc(Cl)c(F)c1)C(C)C. The van der Waals surface area contributed by atoms with Crippen molar-refractivity contribution in [1.29, 1.82) is 0 Å². The maximum Gasteiger partial charge on any atom is 0.142 e. The van der Waals surface area contributed by atoms with E-state index in [-0.39, 0.29) is 16.3 Å². The monoisotopic (exact) mass is 299 g/mol. The molecule has 0 aliphatic carbocycles. The summed E-state index contributed by atoms with van der Waals surface area (Å²) in [5.41, 5.74) is 1.12. The van der Waals surface area contributed by atoms with Gasteiger partial charge in [-0.15, -0.1) is 0 Å². The molecule has 0 bridgehead atoms. The Hall–Kier alpha value is -0.600. The summed E-state index contributed by atoms with van der Waals surface area (Å²) >= 11 is 5.75. The first-order valence-corrected chi connectivity index (χ1v) is 7.77. The number of nitrogens with one attached hydrogen (secondary N) is 1. The highest BCUT2D eigenvalue weighted by atomic mass is 35.5. The molecule has 0 saturated heterocycles. The highest BCUT2D eigenvalue weighted by Crippen LogP contribution is 2.31. The van der Waals surface area contributed by atoms with E-state index in [0.717, 1.165) is 25.1 Å². The second-order valence-electron chi connectivity index (χ2n) is 6.76. The van der Waals surface area contributed by atoms with Crippen LogP contribution < -0.4 is 5.32 Å². The molecule has 3 heteroatoms. The number of benzene rings is 1. The lowest BCUT2D eigenvalue weighted by molar-refractivity contribution is 0.205. The second kappa shape index (κ2) is 7.42. The predicted octanol–water partition coefficient (Wildman–Crippen LogP) is 4.93. The summed E-state index contributed by atoms with van der Waals surface area (Å²) in [6.07, 6.45) is 0.851. The Balaban J connectivity index is 2.77. The van der Waals surface area contributed by atoms with E-state index in [1.54, 1.807) is 12.1 Å². The third kappa shape index (κ3) is 5.06. The summed E-state index contributed by atoms with van der Waals surface area (Å²) in [5, 5.41) is 3.73. The van der Waals surface area contributed by atoms with Crippen molar-refractivity contribution in [2.24, 2.45) is 17.3 Å². The number of rotatable bonds is 7. The maximum absolute atomic E-state index is 13.6. The predicted molar refractivity (Wildman–Crippen MR) is 85.8 cm³/mol. The molecular weight excluding hydrogens is 273 g/mol. The minimum absolute atomic E-state index is 0.106. The molecule has 0 saturated carbocycles. The van der Waals surface area contributed by atoms with Crippen LogP contribution in [0.3, 0.4) is 0 Å². The van der Waals surface area contributed by atoms with Gasteiger partial charge in [-0.3, -0.25) is 0 Å². The van der Waals surface area contributed by atoms with Gasteiger partial charge < -0.3 is 5.32 Å². The number of halogens is 2. The molecule has 1 nitrogen and oxygen atoms in total. The van der Waals surface area contributed by atoms with E-state index in [1.807, 2.05) is 6.07 Å². The summed E-state index contributed by atoms with van der Waals surface area (Å²) in [5.74, 6) is 0.825. The first-order valence-electron chi connectivity index (χ1n) is 7.39. The van der Waals surface area contributed by atoms with Crippen molar-refractivity contribution in [2.45, 2.75) is 41.0 Å². The third-order valence-electron chi connectivity index (χ3n) is 4.07. The fourth-order valence-corrected chi connectivity index (χ4v) is 2.35. The van der Waals surface area contributed by atoms with Gasteiger partial charge in [0.2, 0.25) is 0 Å². The number of hydrogen-bond donors (Lipinski definition) is 1. The lowest BCUT2D eigenvalue weighted by atomic mass is 9.74. The van der Waals surface area contributed by atoms with Crippen LogP contribution in [0.25, 0.3) is 0 Å². The molecule has 0 aliphatic rings. The van der Waals surface area contributed by atoms with Gasteiger partial charge in [-0.05, 0) is 47.9 Å². The van der Waals surface area contributed by atoms with Gasteiger partial charge in [-0.1, -0.05) is 52.3 Å². The first kappa shape index (κ1) is 17.5. The van der Waals surface area contributed by atoms with Crippen molar-refractivity contribution in [3.63, 3.8) is 0 Å². The average molecular weight is 300 g/mol. The van der Waals surface area contributed by atoms with Gasteiger partial charge in [0, 0.05) is 6.54 Å². The fourth-order valence-electron chi connectivity index (χ4n) is 2.23. The Morgan fingerprint density at radius 1 is 1.25 bits per heavy atom. The molecule has 0 radical (unpaired) electrons. The van der Waals surface area contributed by atoms with E-state index in [0.29, 0.717) is 11.8 Å². The van der Waals surface area contributed by atoms with Crippen LogP contribution >= 0.6 is 11.6 Å². The Labute approximate surface area is 127 Å². The highest BCUT2D eigenvalue weighted by molar-refractivity contribution is 6.30. The molecule has 0 heterocycles. The molecule has 0 aliphatic heterocycles. The minimum Gasteiger partial charge on any atom is -0.316 e. The normalized spacial score (nSPS) is 14.8. The summed E-state index contributed by atoms with van der Waals surface area (Å²) in [6, 6.07) is 5.13. The molecule has 1 aromatic rings. The molecule has 0 aromatic heterocycles. The van der Waals surface area contributed by atoms with E-state index in [1.165, 1.54) is 0 Å². The summed E-state index contributed by atoms with van der Waals surface area (Å²) in [6.45, 7) is 13.1. The third-order valence-corrected chi connectivity index (χ3v) is 4.37. The van der Waals surface area contributed by atoms with E-state index in [9.17, 15) is 4.39 Å². The van der Waals surface area contributed by atoms with Gasteiger partial charge in [0.1, 0.15) is 5.82 Å². The maximum atomic E-state index is 13.6. The molecule has 1 N–H and O–H groups in total. The molecule has 20 heavy (non-hydrogen) atoms. The largest absolute Gasteiger partial charge is 0.316 e. The Bertz CT molecular complexity index is 431. The lowest BCUT2D eigenvalue weighted by Gasteiger charge is -2.35. The molecular formula is C17H27ClFN. The number of hydrogen-bond acceptors (Lipinski definition) is 1. The van der Waals surface area contributed by atoms with Crippen LogP contribution in [0.15, 0.2) is 18.2 Å². The van der Waals surface area contributed by atoms with Crippen LogP contribution in [0.4, 0.5) is 4.39 Å². The van der Waals surface area contributed by atoms with Crippen LogP contribution in [0.1, 0.15) is 40.2 Å². The zero-order chi connectivity index (χ0) is 15.3. The molecule has 0 spiro atoms. The van der Waals surface area contributed by atoms with Gasteiger partial charge in [0.25, 0.3) is 0 Å². The summed E-state index contributed by atoms with van der Waals surface area (Å²) in [7, 11) is 0. The standard InChI is InChI=1S/C17H27ClFN/c1-12(2)10-20-11-17(5,13(3)4)9-14-6-7-15(18)16(19)8-14/h6-8,12-13,20H,9-11H2,1-5H3. The van der Waals surface area contributed by atoms with Gasteiger partial charge >= 0.3 is 0 Å². The van der Waals surface area contributed by atoms with Crippen LogP contribution in [-0.4, -0.2) is 13.1 Å². The lowest BCUT2D eigenvalue weighted by Crippen LogP contribution is -2.39. The molecule has 1 unspecified atom stereocenters. The van der Waals surface area contributed by atoms with E-state index < -0.39 is 0 Å². The average Bonchev–Trinajstić information content (AvgIpc) is 2.33. The zero-order valence-electron chi connectivity index (χ0n) is 13.3. The molecule has 1 rings (SSSR count). The first-order chi connectivity index (χ1) is 9.24. The topological polar surface area (TPSA) is 12.0 Å². The Morgan fingerprint density at radius 2 is 1.90 bits per heavy atom. The van der Waals surface area contributed by atoms with Gasteiger partial charge in [-0.25, -0.2) is 4.39 Å². The Kier molecular flexibility index (Phi) is 6.47. The van der Waals surface area contributed by atoms with Crippen molar-refractivity contribution in [3.8, 4) is 0 Å². The van der Waals surface area contributed by atoms with Crippen LogP contribution in [0, 0.1) is 23.1 Å². The van der Waals surface area contributed by atoms with Crippen LogP contribution in [0.5, 0.6) is 0 Å². The van der Waals surface area contributed by atoms with E-state index >= 15 is 0 Å². The second-order valence-corrected chi connectivity index (χ2v) is 7.17. The van der Waals surface area contributed by atoms with Gasteiger partial charge in [-0.2, -0.15) is 0 Å². The van der Waals surface area contributed by atoms with Crippen molar-refractivity contribution >= 4 is 11.6 Å². The van der Waals surface area contributed by atoms with Crippen LogP contribution in [0.2, 0.25) is 5.02 Å². The van der Waals surface area contributed by atoms with Crippen molar-refractivity contribution < 1.29 is 4.39 Å². The smallest absolute Gasteiger partial charge is 0.142 e. The van der Waals surface area contributed by atoms with Gasteiger partial charge in [0.05, 0.1) is 5.02 Å². The summed E-state index contributed by atoms with van der Waals surface area (Å²) < 4.78 is 13.6. The quantitative estimate of drug-likeness (QED) is 0.753. The molecule has 0 amide bonds. The summed E-state index contributed by atoms with van der Waals surface area (Å²) in [4.78, 5) is 0. The van der Waals surface area contributed by atoms with Crippen molar-refractivity contribution in [2.75, 3.05) is 13.1 Å².